The standard InChI is InChI=1S/C32H29N7O/c40-32(35-24-11-12-27-29(17-24)37-30(36-27)23-13-15-33-16-14-23)25-18-28(22-9-5-2-6-10-22)38-31-26(25)19-34-39(31)20-21-7-3-1-4-8-21/h1-12,17-19,23,33H,13-16,20H2,(H,35,40)(H,36,37). The van der Waals surface area contributed by atoms with E-state index in [0.29, 0.717) is 34.7 Å². The largest absolute Gasteiger partial charge is 0.342 e. The molecule has 8 heteroatoms. The maximum atomic E-state index is 13.8. The Hall–Kier alpha value is -4.82. The first-order valence-electron chi connectivity index (χ1n) is 13.7. The number of aromatic amines is 1. The maximum Gasteiger partial charge on any atom is 0.256 e. The Morgan fingerprint density at radius 2 is 1.70 bits per heavy atom. The van der Waals surface area contributed by atoms with E-state index in [1.54, 1.807) is 6.20 Å². The Labute approximate surface area is 231 Å². The zero-order valence-electron chi connectivity index (χ0n) is 22.0. The molecule has 4 heterocycles. The van der Waals surface area contributed by atoms with Crippen LogP contribution in [0.1, 0.15) is 40.5 Å². The number of fused-ring (bicyclic) bond motifs is 2. The molecule has 198 valence electrons. The highest BCUT2D eigenvalue weighted by molar-refractivity contribution is 6.13. The molecule has 3 aromatic carbocycles. The molecular formula is C32H29N7O. The van der Waals surface area contributed by atoms with Gasteiger partial charge in [-0.05, 0) is 55.8 Å². The molecule has 40 heavy (non-hydrogen) atoms. The van der Waals surface area contributed by atoms with Crippen LogP contribution in [0.2, 0.25) is 0 Å². The number of pyridine rings is 1. The molecule has 0 aliphatic carbocycles. The number of rotatable bonds is 6. The topological polar surface area (TPSA) is 101 Å². The second-order valence-electron chi connectivity index (χ2n) is 10.3. The summed E-state index contributed by atoms with van der Waals surface area (Å²) in [5, 5.41) is 11.8. The summed E-state index contributed by atoms with van der Waals surface area (Å²) >= 11 is 0. The van der Waals surface area contributed by atoms with Crippen LogP contribution < -0.4 is 10.6 Å². The quantitative estimate of drug-likeness (QED) is 0.256. The van der Waals surface area contributed by atoms with Crippen molar-refractivity contribution in [2.24, 2.45) is 0 Å². The summed E-state index contributed by atoms with van der Waals surface area (Å²) < 4.78 is 1.85. The highest BCUT2D eigenvalue weighted by Crippen LogP contribution is 2.28. The minimum absolute atomic E-state index is 0.207. The summed E-state index contributed by atoms with van der Waals surface area (Å²) in [6.07, 6.45) is 3.88. The second kappa shape index (κ2) is 10.4. The Morgan fingerprint density at radius 3 is 2.50 bits per heavy atom. The number of amides is 1. The molecule has 0 bridgehead atoms. The van der Waals surface area contributed by atoms with E-state index in [-0.39, 0.29) is 5.91 Å². The normalized spacial score (nSPS) is 14.1. The van der Waals surface area contributed by atoms with Crippen molar-refractivity contribution in [3.63, 3.8) is 0 Å². The van der Waals surface area contributed by atoms with Crippen molar-refractivity contribution < 1.29 is 4.79 Å². The smallest absolute Gasteiger partial charge is 0.256 e. The minimum Gasteiger partial charge on any atom is -0.342 e. The van der Waals surface area contributed by atoms with E-state index < -0.39 is 0 Å². The van der Waals surface area contributed by atoms with Gasteiger partial charge in [-0.1, -0.05) is 60.7 Å². The van der Waals surface area contributed by atoms with Crippen LogP contribution in [0.15, 0.2) is 91.1 Å². The molecule has 0 atom stereocenters. The third kappa shape index (κ3) is 4.74. The molecule has 3 aromatic heterocycles. The molecule has 6 aromatic rings. The van der Waals surface area contributed by atoms with Crippen LogP contribution in [0.4, 0.5) is 5.69 Å². The molecule has 0 unspecified atom stereocenters. The molecule has 1 aliphatic heterocycles. The van der Waals surface area contributed by atoms with Crippen molar-refractivity contribution in [3.8, 4) is 11.3 Å². The van der Waals surface area contributed by atoms with Crippen molar-refractivity contribution in [2.45, 2.75) is 25.3 Å². The van der Waals surface area contributed by atoms with Crippen molar-refractivity contribution in [2.75, 3.05) is 18.4 Å². The Kier molecular flexibility index (Phi) is 6.30. The van der Waals surface area contributed by atoms with Crippen molar-refractivity contribution >= 4 is 33.7 Å². The maximum absolute atomic E-state index is 13.8. The summed E-state index contributed by atoms with van der Waals surface area (Å²) in [6, 6.07) is 27.7. The molecule has 1 saturated heterocycles. The van der Waals surface area contributed by atoms with Gasteiger partial charge in [-0.25, -0.2) is 14.6 Å². The Balaban J connectivity index is 1.23. The fourth-order valence-electron chi connectivity index (χ4n) is 5.46. The van der Waals surface area contributed by atoms with Crippen LogP contribution in [-0.4, -0.2) is 43.7 Å². The van der Waals surface area contributed by atoms with E-state index in [1.807, 2.05) is 77.5 Å². The monoisotopic (exact) mass is 527 g/mol. The van der Waals surface area contributed by atoms with Crippen LogP contribution in [0.25, 0.3) is 33.3 Å². The summed E-state index contributed by atoms with van der Waals surface area (Å²) in [6.45, 7) is 2.58. The Morgan fingerprint density at radius 1 is 0.925 bits per heavy atom. The van der Waals surface area contributed by atoms with E-state index >= 15 is 0 Å². The van der Waals surface area contributed by atoms with Gasteiger partial charge in [0.2, 0.25) is 0 Å². The van der Waals surface area contributed by atoms with Crippen LogP contribution in [0.3, 0.4) is 0 Å². The third-order valence-corrected chi connectivity index (χ3v) is 7.58. The lowest BCUT2D eigenvalue weighted by atomic mass is 9.98. The van der Waals surface area contributed by atoms with Crippen LogP contribution >= 0.6 is 0 Å². The lowest BCUT2D eigenvalue weighted by Gasteiger charge is -2.20. The van der Waals surface area contributed by atoms with E-state index in [4.69, 9.17) is 9.97 Å². The van der Waals surface area contributed by atoms with E-state index in [9.17, 15) is 4.79 Å². The molecule has 0 spiro atoms. The summed E-state index contributed by atoms with van der Waals surface area (Å²) in [5.41, 5.74) is 6.52. The number of carbonyl (C=O) groups excluding carboxylic acids is 1. The summed E-state index contributed by atoms with van der Waals surface area (Å²) in [4.78, 5) is 27.0. The zero-order valence-corrected chi connectivity index (χ0v) is 22.0. The van der Waals surface area contributed by atoms with Gasteiger partial charge in [0.1, 0.15) is 5.82 Å². The van der Waals surface area contributed by atoms with Crippen LogP contribution in [0, 0.1) is 0 Å². The molecule has 0 saturated carbocycles. The Bertz CT molecular complexity index is 1800. The number of benzene rings is 3. The first-order chi connectivity index (χ1) is 19.7. The van der Waals surface area contributed by atoms with Gasteiger partial charge >= 0.3 is 0 Å². The highest BCUT2D eigenvalue weighted by Gasteiger charge is 2.20. The number of carbonyl (C=O) groups is 1. The first-order valence-corrected chi connectivity index (χ1v) is 13.7. The van der Waals surface area contributed by atoms with Gasteiger partial charge in [0.05, 0.1) is 40.4 Å². The van der Waals surface area contributed by atoms with E-state index in [2.05, 4.69) is 32.8 Å². The predicted octanol–water partition coefficient (Wildman–Crippen LogP) is 5.74. The number of imidazole rings is 1. The van der Waals surface area contributed by atoms with Crippen molar-refractivity contribution in [1.82, 2.24) is 30.0 Å². The molecule has 8 nitrogen and oxygen atoms in total. The van der Waals surface area contributed by atoms with Gasteiger partial charge in [-0.3, -0.25) is 4.79 Å². The number of anilines is 1. The fraction of sp³-hybridized carbons (Fsp3) is 0.188. The van der Waals surface area contributed by atoms with Crippen LogP contribution in [0.5, 0.6) is 0 Å². The van der Waals surface area contributed by atoms with Crippen molar-refractivity contribution in [3.05, 3.63) is 108 Å². The van der Waals surface area contributed by atoms with Gasteiger partial charge in [0.25, 0.3) is 5.91 Å². The summed E-state index contributed by atoms with van der Waals surface area (Å²) in [5.74, 6) is 1.25. The number of H-pyrrole nitrogens is 1. The first kappa shape index (κ1) is 24.2. The second-order valence-corrected chi connectivity index (χ2v) is 10.3. The van der Waals surface area contributed by atoms with E-state index in [0.717, 1.165) is 59.6 Å². The molecule has 1 aliphatic rings. The van der Waals surface area contributed by atoms with E-state index in [1.165, 1.54) is 0 Å². The molecule has 0 radical (unpaired) electrons. The van der Waals surface area contributed by atoms with Gasteiger partial charge in [0.15, 0.2) is 5.65 Å². The molecule has 7 rings (SSSR count). The lowest BCUT2D eigenvalue weighted by molar-refractivity contribution is 0.102. The number of aromatic nitrogens is 5. The number of hydrogen-bond acceptors (Lipinski definition) is 5. The molecule has 3 N–H and O–H groups in total. The number of hydrogen-bond donors (Lipinski definition) is 3. The lowest BCUT2D eigenvalue weighted by Crippen LogP contribution is -2.27. The molecule has 1 fully saturated rings. The van der Waals surface area contributed by atoms with Crippen LogP contribution in [-0.2, 0) is 6.54 Å². The average molecular weight is 528 g/mol. The number of nitrogens with one attached hydrogen (secondary N) is 3. The highest BCUT2D eigenvalue weighted by atomic mass is 16.1. The summed E-state index contributed by atoms with van der Waals surface area (Å²) in [7, 11) is 0. The SMILES string of the molecule is O=C(Nc1ccc2nc(C3CCNCC3)[nH]c2c1)c1cc(-c2ccccc2)nc2c1cnn2Cc1ccccc1. The minimum atomic E-state index is -0.207. The predicted molar refractivity (Wildman–Crippen MR) is 157 cm³/mol. The number of piperidine rings is 1. The number of nitrogens with zero attached hydrogens (tertiary/aromatic N) is 4. The van der Waals surface area contributed by atoms with Gasteiger partial charge in [-0.2, -0.15) is 5.10 Å². The van der Waals surface area contributed by atoms with Gasteiger partial charge < -0.3 is 15.6 Å². The fourth-order valence-corrected chi connectivity index (χ4v) is 5.46. The molecular weight excluding hydrogens is 498 g/mol. The third-order valence-electron chi connectivity index (χ3n) is 7.58. The van der Waals surface area contributed by atoms with Crippen molar-refractivity contribution in [1.29, 1.82) is 0 Å². The van der Waals surface area contributed by atoms with Gasteiger partial charge in [-0.15, -0.1) is 0 Å². The van der Waals surface area contributed by atoms with Gasteiger partial charge in [0, 0.05) is 17.2 Å². The molecule has 1 amide bonds. The average Bonchev–Trinajstić information content (AvgIpc) is 3.62. The zero-order chi connectivity index (χ0) is 26.9.